The lowest BCUT2D eigenvalue weighted by Crippen LogP contribution is -2.23. The van der Waals surface area contributed by atoms with Gasteiger partial charge in [-0.1, -0.05) is 36.0 Å². The summed E-state index contributed by atoms with van der Waals surface area (Å²) in [7, 11) is 0. The van der Waals surface area contributed by atoms with E-state index < -0.39 is 0 Å². The molecule has 2 heterocycles. The maximum atomic E-state index is 6.25. The van der Waals surface area contributed by atoms with E-state index in [1.165, 1.54) is 19.3 Å². The minimum atomic E-state index is -0.177. The first-order valence-electron chi connectivity index (χ1n) is 6.95. The fourth-order valence-corrected chi connectivity index (χ4v) is 2.79. The van der Waals surface area contributed by atoms with Crippen LogP contribution in [0.2, 0.25) is 5.02 Å². The molecule has 2 aromatic heterocycles. The predicted octanol–water partition coefficient (Wildman–Crippen LogP) is 3.37. The van der Waals surface area contributed by atoms with Gasteiger partial charge in [-0.2, -0.15) is 4.98 Å². The summed E-state index contributed by atoms with van der Waals surface area (Å²) in [5, 5.41) is 4.54. The minimum absolute atomic E-state index is 0.177. The first-order valence-corrected chi connectivity index (χ1v) is 7.33. The van der Waals surface area contributed by atoms with Crippen molar-refractivity contribution in [3.05, 3.63) is 29.2 Å². The fraction of sp³-hybridized carbons (Fsp3) is 0.500. The van der Waals surface area contributed by atoms with Crippen LogP contribution in [0.15, 0.2) is 22.9 Å². The number of halogens is 1. The molecule has 20 heavy (non-hydrogen) atoms. The van der Waals surface area contributed by atoms with Gasteiger partial charge < -0.3 is 10.3 Å². The monoisotopic (exact) mass is 292 g/mol. The topological polar surface area (TPSA) is 77.8 Å². The molecule has 1 saturated carbocycles. The highest BCUT2D eigenvalue weighted by molar-refractivity contribution is 6.30. The summed E-state index contributed by atoms with van der Waals surface area (Å²) in [5.41, 5.74) is 6.89. The standard InChI is InChI=1S/C14H17ClN4O/c15-10-6-7-11(17-8-10)13-18-14(20-19-13)12(16)9-4-2-1-3-5-9/h6-9,12H,1-5,16H2. The molecule has 5 nitrogen and oxygen atoms in total. The van der Waals surface area contributed by atoms with E-state index in [9.17, 15) is 0 Å². The fourth-order valence-electron chi connectivity index (χ4n) is 2.68. The zero-order valence-electron chi connectivity index (χ0n) is 11.1. The second-order valence-electron chi connectivity index (χ2n) is 5.24. The lowest BCUT2D eigenvalue weighted by atomic mass is 9.84. The number of aromatic nitrogens is 3. The van der Waals surface area contributed by atoms with Gasteiger partial charge in [-0.05, 0) is 30.9 Å². The smallest absolute Gasteiger partial charge is 0.244 e. The summed E-state index contributed by atoms with van der Waals surface area (Å²) in [4.78, 5) is 8.55. The summed E-state index contributed by atoms with van der Waals surface area (Å²) in [5.74, 6) is 1.40. The van der Waals surface area contributed by atoms with Gasteiger partial charge in [-0.15, -0.1) is 0 Å². The van der Waals surface area contributed by atoms with E-state index in [4.69, 9.17) is 21.9 Å². The summed E-state index contributed by atoms with van der Waals surface area (Å²) in [6.45, 7) is 0. The van der Waals surface area contributed by atoms with Crippen molar-refractivity contribution < 1.29 is 4.52 Å². The quantitative estimate of drug-likeness (QED) is 0.938. The molecule has 1 aliphatic rings. The maximum absolute atomic E-state index is 6.25. The maximum Gasteiger partial charge on any atom is 0.244 e. The number of hydrogen-bond acceptors (Lipinski definition) is 5. The highest BCUT2D eigenvalue weighted by atomic mass is 35.5. The van der Waals surface area contributed by atoms with Crippen LogP contribution in [0.3, 0.4) is 0 Å². The number of rotatable bonds is 3. The minimum Gasteiger partial charge on any atom is -0.337 e. The van der Waals surface area contributed by atoms with Crippen molar-refractivity contribution in [2.75, 3.05) is 0 Å². The van der Waals surface area contributed by atoms with Crippen molar-refractivity contribution in [3.8, 4) is 11.5 Å². The van der Waals surface area contributed by atoms with Gasteiger partial charge in [0, 0.05) is 6.20 Å². The van der Waals surface area contributed by atoms with Gasteiger partial charge in [-0.3, -0.25) is 4.98 Å². The van der Waals surface area contributed by atoms with Crippen LogP contribution >= 0.6 is 11.6 Å². The molecule has 2 N–H and O–H groups in total. The summed E-state index contributed by atoms with van der Waals surface area (Å²) in [6.07, 6.45) is 7.60. The van der Waals surface area contributed by atoms with Gasteiger partial charge in [-0.25, -0.2) is 0 Å². The van der Waals surface area contributed by atoms with Crippen LogP contribution in [0.1, 0.15) is 44.0 Å². The molecular weight excluding hydrogens is 276 g/mol. The molecule has 2 aromatic rings. The normalized spacial score (nSPS) is 18.1. The molecule has 0 spiro atoms. The largest absolute Gasteiger partial charge is 0.337 e. The Kier molecular flexibility index (Phi) is 3.98. The SMILES string of the molecule is NC(c1nc(-c2ccc(Cl)cn2)no1)C1CCCCC1. The molecule has 1 atom stereocenters. The number of hydrogen-bond donors (Lipinski definition) is 1. The Morgan fingerprint density at radius 2 is 2.05 bits per heavy atom. The molecule has 0 aliphatic heterocycles. The zero-order chi connectivity index (χ0) is 13.9. The Hall–Kier alpha value is -1.46. The van der Waals surface area contributed by atoms with Crippen LogP contribution in [-0.4, -0.2) is 15.1 Å². The van der Waals surface area contributed by atoms with Crippen molar-refractivity contribution in [2.45, 2.75) is 38.1 Å². The van der Waals surface area contributed by atoms with Crippen molar-refractivity contribution in [2.24, 2.45) is 11.7 Å². The van der Waals surface area contributed by atoms with Crippen molar-refractivity contribution in [1.82, 2.24) is 15.1 Å². The second-order valence-corrected chi connectivity index (χ2v) is 5.68. The molecule has 0 saturated heterocycles. The average Bonchev–Trinajstić information content (AvgIpc) is 2.98. The van der Waals surface area contributed by atoms with Gasteiger partial charge >= 0.3 is 0 Å². The molecule has 0 radical (unpaired) electrons. The molecule has 3 rings (SSSR count). The van der Waals surface area contributed by atoms with Crippen LogP contribution < -0.4 is 5.73 Å². The van der Waals surface area contributed by atoms with E-state index in [0.717, 1.165) is 12.8 Å². The molecular formula is C14H17ClN4O. The molecule has 6 heteroatoms. The van der Waals surface area contributed by atoms with E-state index in [1.807, 2.05) is 0 Å². The van der Waals surface area contributed by atoms with Gasteiger partial charge in [0.2, 0.25) is 11.7 Å². The predicted molar refractivity (Wildman–Crippen MR) is 76.0 cm³/mol. The molecule has 106 valence electrons. The van der Waals surface area contributed by atoms with Crippen LogP contribution in [-0.2, 0) is 0 Å². The molecule has 1 aliphatic carbocycles. The second kappa shape index (κ2) is 5.89. The number of nitrogens with two attached hydrogens (primary N) is 1. The summed E-state index contributed by atoms with van der Waals surface area (Å²) >= 11 is 5.81. The van der Waals surface area contributed by atoms with Gasteiger partial charge in [0.25, 0.3) is 0 Å². The van der Waals surface area contributed by atoms with Crippen LogP contribution in [0.4, 0.5) is 0 Å². The molecule has 1 fully saturated rings. The van der Waals surface area contributed by atoms with Crippen molar-refractivity contribution in [3.63, 3.8) is 0 Å². The number of pyridine rings is 1. The third-order valence-corrected chi connectivity index (χ3v) is 4.06. The molecule has 0 aromatic carbocycles. The summed E-state index contributed by atoms with van der Waals surface area (Å²) in [6, 6.07) is 3.34. The highest BCUT2D eigenvalue weighted by Gasteiger charge is 2.26. The van der Waals surface area contributed by atoms with E-state index in [2.05, 4.69) is 15.1 Å². The van der Waals surface area contributed by atoms with E-state index >= 15 is 0 Å². The first-order chi connectivity index (χ1) is 9.74. The Bertz CT molecular complexity index is 563. The summed E-state index contributed by atoms with van der Waals surface area (Å²) < 4.78 is 5.31. The molecule has 0 bridgehead atoms. The Morgan fingerprint density at radius 3 is 2.75 bits per heavy atom. The van der Waals surface area contributed by atoms with E-state index in [-0.39, 0.29) is 6.04 Å². The van der Waals surface area contributed by atoms with Gasteiger partial charge in [0.1, 0.15) is 5.69 Å². The lowest BCUT2D eigenvalue weighted by molar-refractivity contribution is 0.255. The van der Waals surface area contributed by atoms with Crippen LogP contribution in [0.25, 0.3) is 11.5 Å². The van der Waals surface area contributed by atoms with Gasteiger partial charge in [0.05, 0.1) is 11.1 Å². The molecule has 1 unspecified atom stereocenters. The average molecular weight is 293 g/mol. The Labute approximate surface area is 122 Å². The zero-order valence-corrected chi connectivity index (χ0v) is 11.9. The van der Waals surface area contributed by atoms with Crippen molar-refractivity contribution in [1.29, 1.82) is 0 Å². The van der Waals surface area contributed by atoms with Gasteiger partial charge in [0.15, 0.2) is 0 Å². The first kappa shape index (κ1) is 13.5. The third-order valence-electron chi connectivity index (χ3n) is 3.84. The Morgan fingerprint density at radius 1 is 1.25 bits per heavy atom. The Balaban J connectivity index is 1.77. The highest BCUT2D eigenvalue weighted by Crippen LogP contribution is 2.32. The lowest BCUT2D eigenvalue weighted by Gasteiger charge is -2.24. The van der Waals surface area contributed by atoms with Crippen LogP contribution in [0.5, 0.6) is 0 Å². The molecule has 0 amide bonds. The van der Waals surface area contributed by atoms with Crippen molar-refractivity contribution >= 4 is 11.6 Å². The van der Waals surface area contributed by atoms with E-state index in [0.29, 0.717) is 28.3 Å². The van der Waals surface area contributed by atoms with E-state index in [1.54, 1.807) is 18.3 Å². The third kappa shape index (κ3) is 2.83. The van der Waals surface area contributed by atoms with Crippen LogP contribution in [0, 0.1) is 5.92 Å². The number of nitrogens with zero attached hydrogens (tertiary/aromatic N) is 3.